The number of fused-ring (bicyclic) bond motifs is 1. The average molecular weight is 477 g/mol. The minimum absolute atomic E-state index is 0.0469. The van der Waals surface area contributed by atoms with Gasteiger partial charge in [-0.25, -0.2) is 9.78 Å². The van der Waals surface area contributed by atoms with Crippen molar-refractivity contribution in [3.63, 3.8) is 0 Å². The highest BCUT2D eigenvalue weighted by atomic mass is 16.7. The minimum atomic E-state index is -1.45. The molecule has 7 rings (SSSR count). The third-order valence-corrected chi connectivity index (χ3v) is 8.06. The molecule has 4 saturated carbocycles. The van der Waals surface area contributed by atoms with Crippen LogP contribution in [0.1, 0.15) is 54.7 Å². The fraction of sp³-hybridized carbons (Fsp3) is 0.462. The summed E-state index contributed by atoms with van der Waals surface area (Å²) in [5.41, 5.74) is 1.62. The van der Waals surface area contributed by atoms with Crippen molar-refractivity contribution in [3.8, 4) is 5.75 Å². The number of imidazole rings is 1. The van der Waals surface area contributed by atoms with E-state index in [-0.39, 0.29) is 29.2 Å². The second-order valence-corrected chi connectivity index (χ2v) is 10.7. The van der Waals surface area contributed by atoms with E-state index in [2.05, 4.69) is 15.0 Å². The highest BCUT2D eigenvalue weighted by Crippen LogP contribution is 2.59. The SMILES string of the molecule is O=C(O)Oc1ccc(=O)n(Cc2cn3c(C(=O)NCC45CC6CC(CC(C6)C4)C5)cccc3n2)c1. The molecule has 182 valence electrons. The number of rotatable bonds is 6. The number of hydrogen-bond donors (Lipinski definition) is 2. The summed E-state index contributed by atoms with van der Waals surface area (Å²) < 4.78 is 7.72. The number of carbonyl (C=O) groups is 2. The first kappa shape index (κ1) is 21.9. The van der Waals surface area contributed by atoms with Crippen LogP contribution in [0.3, 0.4) is 0 Å². The molecule has 0 spiro atoms. The molecule has 0 aromatic carbocycles. The number of nitrogens with one attached hydrogen (secondary N) is 1. The Morgan fingerprint density at radius 3 is 2.46 bits per heavy atom. The van der Waals surface area contributed by atoms with Crippen LogP contribution in [0.25, 0.3) is 5.65 Å². The Balaban J connectivity index is 1.20. The van der Waals surface area contributed by atoms with Gasteiger partial charge >= 0.3 is 6.16 Å². The van der Waals surface area contributed by atoms with Gasteiger partial charge in [-0.2, -0.15) is 0 Å². The van der Waals surface area contributed by atoms with Crippen molar-refractivity contribution in [2.45, 2.75) is 45.1 Å². The lowest BCUT2D eigenvalue weighted by Gasteiger charge is -2.56. The van der Waals surface area contributed by atoms with Crippen molar-refractivity contribution in [1.82, 2.24) is 19.3 Å². The fourth-order valence-electron chi connectivity index (χ4n) is 7.16. The highest BCUT2D eigenvalue weighted by Gasteiger charge is 2.50. The van der Waals surface area contributed by atoms with E-state index < -0.39 is 6.16 Å². The van der Waals surface area contributed by atoms with Gasteiger partial charge in [-0.05, 0) is 79.9 Å². The van der Waals surface area contributed by atoms with Gasteiger partial charge in [0.25, 0.3) is 11.5 Å². The van der Waals surface area contributed by atoms with Crippen LogP contribution in [0, 0.1) is 23.2 Å². The fourth-order valence-corrected chi connectivity index (χ4v) is 7.16. The predicted molar refractivity (Wildman–Crippen MR) is 127 cm³/mol. The van der Waals surface area contributed by atoms with E-state index in [0.717, 1.165) is 24.3 Å². The quantitative estimate of drug-likeness (QED) is 0.526. The first-order chi connectivity index (χ1) is 16.9. The maximum absolute atomic E-state index is 13.2. The number of hydrogen-bond acceptors (Lipinski definition) is 5. The molecule has 3 heterocycles. The maximum atomic E-state index is 13.2. The van der Waals surface area contributed by atoms with Crippen LogP contribution in [-0.4, -0.2) is 37.7 Å². The molecule has 4 fully saturated rings. The van der Waals surface area contributed by atoms with Crippen molar-refractivity contribution in [2.75, 3.05) is 6.54 Å². The number of pyridine rings is 2. The summed E-state index contributed by atoms with van der Waals surface area (Å²) in [4.78, 5) is 40.9. The Morgan fingerprint density at radius 1 is 1.06 bits per heavy atom. The van der Waals surface area contributed by atoms with Crippen molar-refractivity contribution in [3.05, 3.63) is 64.5 Å². The molecule has 0 aliphatic heterocycles. The molecule has 1 amide bonds. The molecule has 4 aliphatic rings. The van der Waals surface area contributed by atoms with E-state index in [4.69, 9.17) is 5.11 Å². The molecule has 0 unspecified atom stereocenters. The summed E-state index contributed by atoms with van der Waals surface area (Å²) in [5.74, 6) is 2.43. The number of carbonyl (C=O) groups excluding carboxylic acids is 1. The van der Waals surface area contributed by atoms with E-state index in [9.17, 15) is 14.4 Å². The molecule has 3 aromatic heterocycles. The number of amides is 1. The topological polar surface area (TPSA) is 115 Å². The van der Waals surface area contributed by atoms with Gasteiger partial charge < -0.3 is 19.7 Å². The summed E-state index contributed by atoms with van der Waals surface area (Å²) in [7, 11) is 0. The van der Waals surface area contributed by atoms with E-state index in [1.54, 1.807) is 22.7 Å². The summed E-state index contributed by atoms with van der Waals surface area (Å²) in [6, 6.07) is 7.95. The standard InChI is InChI=1S/C26H28N4O5/c31-23-5-4-20(35-25(33)34)14-29(23)12-19-13-30-21(2-1-3-22(30)28-19)24(32)27-15-26-9-16-6-17(10-26)8-18(7-16)11-26/h1-5,13-14,16-18H,6-12,15H2,(H,27,32)(H,33,34). The molecule has 0 saturated heterocycles. The molecule has 9 heteroatoms. The Hall–Kier alpha value is -3.62. The first-order valence-corrected chi connectivity index (χ1v) is 12.2. The minimum Gasteiger partial charge on any atom is -0.449 e. The molecule has 35 heavy (non-hydrogen) atoms. The zero-order valence-corrected chi connectivity index (χ0v) is 19.4. The Bertz CT molecular complexity index is 1340. The largest absolute Gasteiger partial charge is 0.511 e. The summed E-state index contributed by atoms with van der Waals surface area (Å²) in [5, 5.41) is 12.0. The van der Waals surface area contributed by atoms with E-state index in [0.29, 0.717) is 17.0 Å². The van der Waals surface area contributed by atoms with Gasteiger partial charge in [0.1, 0.15) is 11.3 Å². The molecule has 3 aromatic rings. The number of ether oxygens (including phenoxy) is 1. The zero-order chi connectivity index (χ0) is 24.2. The number of aromatic nitrogens is 3. The summed E-state index contributed by atoms with van der Waals surface area (Å²) in [6.07, 6.45) is 9.45. The van der Waals surface area contributed by atoms with Gasteiger partial charge in [-0.3, -0.25) is 14.0 Å². The van der Waals surface area contributed by atoms with Gasteiger partial charge in [0.15, 0.2) is 5.75 Å². The summed E-state index contributed by atoms with van der Waals surface area (Å²) in [6.45, 7) is 0.838. The summed E-state index contributed by atoms with van der Waals surface area (Å²) >= 11 is 0. The lowest BCUT2D eigenvalue weighted by molar-refractivity contribution is -0.0503. The Morgan fingerprint density at radius 2 is 1.77 bits per heavy atom. The lowest BCUT2D eigenvalue weighted by Crippen LogP contribution is -2.51. The van der Waals surface area contributed by atoms with E-state index in [1.807, 2.05) is 6.07 Å². The number of carboxylic acid groups (broad SMARTS) is 1. The second kappa shape index (κ2) is 8.25. The van der Waals surface area contributed by atoms with Crippen molar-refractivity contribution < 1.29 is 19.4 Å². The van der Waals surface area contributed by atoms with Crippen LogP contribution in [0.5, 0.6) is 5.75 Å². The third-order valence-electron chi connectivity index (χ3n) is 8.06. The smallest absolute Gasteiger partial charge is 0.449 e. The van der Waals surface area contributed by atoms with Crippen LogP contribution in [0.4, 0.5) is 4.79 Å². The van der Waals surface area contributed by atoms with Crippen LogP contribution in [0.2, 0.25) is 0 Å². The Labute approximate surface area is 201 Å². The Kier molecular flexibility index (Phi) is 5.16. The van der Waals surface area contributed by atoms with Crippen molar-refractivity contribution in [1.29, 1.82) is 0 Å². The van der Waals surface area contributed by atoms with Gasteiger partial charge in [0.2, 0.25) is 0 Å². The molecule has 4 bridgehead atoms. The molecule has 0 radical (unpaired) electrons. The van der Waals surface area contributed by atoms with Crippen molar-refractivity contribution >= 4 is 17.7 Å². The number of nitrogens with zero attached hydrogens (tertiary/aromatic N) is 3. The molecule has 0 atom stereocenters. The molecule has 9 nitrogen and oxygen atoms in total. The molecular weight excluding hydrogens is 448 g/mol. The molecule has 4 aliphatic carbocycles. The van der Waals surface area contributed by atoms with Crippen LogP contribution in [-0.2, 0) is 6.54 Å². The highest BCUT2D eigenvalue weighted by molar-refractivity contribution is 5.93. The van der Waals surface area contributed by atoms with Gasteiger partial charge in [-0.1, -0.05) is 6.07 Å². The normalized spacial score (nSPS) is 26.7. The van der Waals surface area contributed by atoms with Gasteiger partial charge in [0, 0.05) is 18.8 Å². The predicted octanol–water partition coefficient (Wildman–Crippen LogP) is 3.55. The van der Waals surface area contributed by atoms with Crippen molar-refractivity contribution in [2.24, 2.45) is 23.2 Å². The van der Waals surface area contributed by atoms with Gasteiger partial charge in [-0.15, -0.1) is 0 Å². The van der Waals surface area contributed by atoms with Crippen LogP contribution < -0.4 is 15.6 Å². The third kappa shape index (κ3) is 4.19. The second-order valence-electron chi connectivity index (χ2n) is 10.7. The van der Waals surface area contributed by atoms with Crippen LogP contribution >= 0.6 is 0 Å². The van der Waals surface area contributed by atoms with E-state index >= 15 is 0 Å². The monoisotopic (exact) mass is 476 g/mol. The molecular formula is C26H28N4O5. The first-order valence-electron chi connectivity index (χ1n) is 12.2. The van der Waals surface area contributed by atoms with Gasteiger partial charge in [0.05, 0.1) is 18.4 Å². The van der Waals surface area contributed by atoms with E-state index in [1.165, 1.54) is 61.4 Å². The van der Waals surface area contributed by atoms with Crippen LogP contribution in [0.15, 0.2) is 47.5 Å². The molecule has 2 N–H and O–H groups in total. The average Bonchev–Trinajstić information content (AvgIpc) is 3.21. The zero-order valence-electron chi connectivity index (χ0n) is 19.4. The lowest BCUT2D eigenvalue weighted by atomic mass is 9.49. The maximum Gasteiger partial charge on any atom is 0.511 e.